The van der Waals surface area contributed by atoms with Crippen LogP contribution in [0.4, 0.5) is 0 Å². The van der Waals surface area contributed by atoms with Gasteiger partial charge in [0.2, 0.25) is 0 Å². The molecule has 1 heteroatoms. The van der Waals surface area contributed by atoms with Crippen LogP contribution >= 0.6 is 0 Å². The number of rotatable bonds is 7. The topological polar surface area (TPSA) is 12.0 Å². The molecule has 14 heavy (non-hydrogen) atoms. The van der Waals surface area contributed by atoms with Crippen LogP contribution < -0.4 is 5.32 Å². The molecule has 1 unspecified atom stereocenters. The predicted octanol–water partition coefficient (Wildman–Crippen LogP) is 3.45. The molecule has 0 aromatic rings. The van der Waals surface area contributed by atoms with E-state index in [0.717, 1.165) is 17.8 Å². The molecule has 0 aliphatic heterocycles. The van der Waals surface area contributed by atoms with Crippen molar-refractivity contribution in [1.82, 2.24) is 5.32 Å². The van der Waals surface area contributed by atoms with Crippen molar-refractivity contribution < 1.29 is 0 Å². The second-order valence-electron chi connectivity index (χ2n) is 5.29. The molecular formula is C13H27N. The molecule has 1 nitrogen and oxygen atoms in total. The van der Waals surface area contributed by atoms with E-state index >= 15 is 0 Å². The molecule has 1 fully saturated rings. The molecule has 0 saturated heterocycles. The van der Waals surface area contributed by atoms with Crippen molar-refractivity contribution in [3.8, 4) is 0 Å². The van der Waals surface area contributed by atoms with E-state index in [9.17, 15) is 0 Å². The van der Waals surface area contributed by atoms with Crippen molar-refractivity contribution in [2.45, 2.75) is 52.9 Å². The first-order valence-corrected chi connectivity index (χ1v) is 6.44. The molecule has 1 saturated carbocycles. The van der Waals surface area contributed by atoms with Gasteiger partial charge in [-0.2, -0.15) is 0 Å². The van der Waals surface area contributed by atoms with Crippen LogP contribution in [0.3, 0.4) is 0 Å². The summed E-state index contributed by atoms with van der Waals surface area (Å²) >= 11 is 0. The summed E-state index contributed by atoms with van der Waals surface area (Å²) in [4.78, 5) is 0. The van der Waals surface area contributed by atoms with Gasteiger partial charge in [-0.05, 0) is 37.3 Å². The predicted molar refractivity (Wildman–Crippen MR) is 63.4 cm³/mol. The van der Waals surface area contributed by atoms with Crippen molar-refractivity contribution in [1.29, 1.82) is 0 Å². The molecule has 0 amide bonds. The Morgan fingerprint density at radius 3 is 2.36 bits per heavy atom. The van der Waals surface area contributed by atoms with Crippen LogP contribution in [-0.4, -0.2) is 13.1 Å². The molecule has 0 bridgehead atoms. The zero-order valence-electron chi connectivity index (χ0n) is 10.2. The highest BCUT2D eigenvalue weighted by molar-refractivity contribution is 4.78. The van der Waals surface area contributed by atoms with Gasteiger partial charge in [-0.25, -0.2) is 0 Å². The quantitative estimate of drug-likeness (QED) is 0.659. The molecule has 0 radical (unpaired) electrons. The Kier molecular flexibility index (Phi) is 5.54. The van der Waals surface area contributed by atoms with Crippen LogP contribution in [0.2, 0.25) is 0 Å². The van der Waals surface area contributed by atoms with Gasteiger partial charge in [-0.15, -0.1) is 0 Å². The highest BCUT2D eigenvalue weighted by Crippen LogP contribution is 2.35. The molecule has 0 aromatic heterocycles. The maximum absolute atomic E-state index is 3.62. The first-order valence-electron chi connectivity index (χ1n) is 6.44. The normalized spacial score (nSPS) is 19.7. The third-order valence-electron chi connectivity index (χ3n) is 3.44. The Balaban J connectivity index is 2.14. The number of hydrogen-bond donors (Lipinski definition) is 1. The van der Waals surface area contributed by atoms with Crippen LogP contribution in [0, 0.1) is 17.8 Å². The highest BCUT2D eigenvalue weighted by Gasteiger charge is 2.25. The Labute approximate surface area is 89.7 Å². The molecule has 0 heterocycles. The van der Waals surface area contributed by atoms with E-state index in [1.807, 2.05) is 0 Å². The average Bonchev–Trinajstić information content (AvgIpc) is 2.00. The largest absolute Gasteiger partial charge is 0.316 e. The van der Waals surface area contributed by atoms with Crippen LogP contribution in [-0.2, 0) is 0 Å². The lowest BCUT2D eigenvalue weighted by molar-refractivity contribution is 0.189. The van der Waals surface area contributed by atoms with Gasteiger partial charge in [0.1, 0.15) is 0 Å². The summed E-state index contributed by atoms with van der Waals surface area (Å²) in [5.74, 6) is 2.81. The zero-order chi connectivity index (χ0) is 10.4. The summed E-state index contributed by atoms with van der Waals surface area (Å²) in [5.41, 5.74) is 0. The van der Waals surface area contributed by atoms with Gasteiger partial charge >= 0.3 is 0 Å². The van der Waals surface area contributed by atoms with Crippen LogP contribution in [0.15, 0.2) is 0 Å². The van der Waals surface area contributed by atoms with E-state index in [4.69, 9.17) is 0 Å². The molecule has 84 valence electrons. The first-order chi connectivity index (χ1) is 6.74. The number of hydrogen-bond acceptors (Lipinski definition) is 1. The minimum absolute atomic E-state index is 0.790. The van der Waals surface area contributed by atoms with E-state index in [0.29, 0.717) is 0 Å². The SMILES string of the molecule is CCCC(CNCC(C)C)C1CCC1. The van der Waals surface area contributed by atoms with E-state index in [1.165, 1.54) is 45.2 Å². The van der Waals surface area contributed by atoms with E-state index < -0.39 is 0 Å². The molecule has 1 rings (SSSR count). The Morgan fingerprint density at radius 1 is 1.21 bits per heavy atom. The minimum Gasteiger partial charge on any atom is -0.316 e. The van der Waals surface area contributed by atoms with Gasteiger partial charge in [0.15, 0.2) is 0 Å². The Hall–Kier alpha value is -0.0400. The average molecular weight is 197 g/mol. The molecule has 1 aliphatic carbocycles. The summed E-state index contributed by atoms with van der Waals surface area (Å²) in [7, 11) is 0. The fourth-order valence-corrected chi connectivity index (χ4v) is 2.34. The van der Waals surface area contributed by atoms with Crippen LogP contribution in [0.5, 0.6) is 0 Å². The first kappa shape index (κ1) is 12.0. The third-order valence-corrected chi connectivity index (χ3v) is 3.44. The van der Waals surface area contributed by atoms with Crippen molar-refractivity contribution in [2.75, 3.05) is 13.1 Å². The van der Waals surface area contributed by atoms with Crippen molar-refractivity contribution in [2.24, 2.45) is 17.8 Å². The molecular weight excluding hydrogens is 170 g/mol. The van der Waals surface area contributed by atoms with Crippen LogP contribution in [0.1, 0.15) is 52.9 Å². The van der Waals surface area contributed by atoms with E-state index in [-0.39, 0.29) is 0 Å². The second kappa shape index (κ2) is 6.44. The maximum atomic E-state index is 3.62. The molecule has 1 N–H and O–H groups in total. The molecule has 0 aromatic carbocycles. The smallest absolute Gasteiger partial charge is 0.00178 e. The van der Waals surface area contributed by atoms with Gasteiger partial charge in [-0.1, -0.05) is 46.5 Å². The van der Waals surface area contributed by atoms with E-state index in [2.05, 4.69) is 26.1 Å². The Morgan fingerprint density at radius 2 is 1.93 bits per heavy atom. The summed E-state index contributed by atoms with van der Waals surface area (Å²) in [6.07, 6.45) is 7.25. The molecule has 1 aliphatic rings. The third kappa shape index (κ3) is 4.00. The minimum atomic E-state index is 0.790. The van der Waals surface area contributed by atoms with Crippen LogP contribution in [0.25, 0.3) is 0 Å². The van der Waals surface area contributed by atoms with Crippen molar-refractivity contribution in [3.05, 3.63) is 0 Å². The van der Waals surface area contributed by atoms with Crippen molar-refractivity contribution in [3.63, 3.8) is 0 Å². The molecule has 0 spiro atoms. The highest BCUT2D eigenvalue weighted by atomic mass is 14.9. The van der Waals surface area contributed by atoms with Gasteiger partial charge < -0.3 is 5.32 Å². The maximum Gasteiger partial charge on any atom is -0.00178 e. The lowest BCUT2D eigenvalue weighted by Gasteiger charge is -2.34. The monoisotopic (exact) mass is 197 g/mol. The van der Waals surface area contributed by atoms with Gasteiger partial charge in [0.25, 0.3) is 0 Å². The fraction of sp³-hybridized carbons (Fsp3) is 1.00. The zero-order valence-corrected chi connectivity index (χ0v) is 10.2. The van der Waals surface area contributed by atoms with Gasteiger partial charge in [0.05, 0.1) is 0 Å². The summed E-state index contributed by atoms with van der Waals surface area (Å²) in [6.45, 7) is 9.33. The Bertz CT molecular complexity index is 138. The van der Waals surface area contributed by atoms with Gasteiger partial charge in [0, 0.05) is 0 Å². The lowest BCUT2D eigenvalue weighted by Crippen LogP contribution is -2.33. The summed E-state index contributed by atoms with van der Waals surface area (Å²) < 4.78 is 0. The number of nitrogens with one attached hydrogen (secondary N) is 1. The fourth-order valence-electron chi connectivity index (χ4n) is 2.34. The lowest BCUT2D eigenvalue weighted by atomic mass is 9.74. The second-order valence-corrected chi connectivity index (χ2v) is 5.29. The summed E-state index contributed by atoms with van der Waals surface area (Å²) in [6, 6.07) is 0. The van der Waals surface area contributed by atoms with Crippen molar-refractivity contribution >= 4 is 0 Å². The van der Waals surface area contributed by atoms with E-state index in [1.54, 1.807) is 0 Å². The van der Waals surface area contributed by atoms with Gasteiger partial charge in [-0.3, -0.25) is 0 Å². The summed E-state index contributed by atoms with van der Waals surface area (Å²) in [5, 5.41) is 3.62. The molecule has 1 atom stereocenters. The standard InChI is InChI=1S/C13H27N/c1-4-6-13(12-7-5-8-12)10-14-9-11(2)3/h11-14H,4-10H2,1-3H3.